The predicted octanol–water partition coefficient (Wildman–Crippen LogP) is 2.35. The third-order valence-corrected chi connectivity index (χ3v) is 4.02. The molecule has 1 aliphatic carbocycles. The van der Waals surface area contributed by atoms with Crippen LogP contribution >= 0.6 is 11.8 Å². The van der Waals surface area contributed by atoms with Crippen molar-refractivity contribution in [2.24, 2.45) is 5.73 Å². The summed E-state index contributed by atoms with van der Waals surface area (Å²) in [5.74, 6) is -2.41. The molecule has 0 aromatic heterocycles. The van der Waals surface area contributed by atoms with E-state index in [1.807, 2.05) is 6.07 Å². The molecule has 0 bridgehead atoms. The zero-order chi connectivity index (χ0) is 12.5. The Morgan fingerprint density at radius 2 is 2.18 bits per heavy atom. The summed E-state index contributed by atoms with van der Waals surface area (Å²) in [4.78, 5) is 0.548. The van der Waals surface area contributed by atoms with Crippen LogP contribution in [0.25, 0.3) is 0 Å². The minimum atomic E-state index is -2.41. The van der Waals surface area contributed by atoms with E-state index in [-0.39, 0.29) is 11.5 Å². The van der Waals surface area contributed by atoms with Crippen LogP contribution < -0.4 is 5.73 Å². The second-order valence-corrected chi connectivity index (χ2v) is 5.52. The van der Waals surface area contributed by atoms with Crippen LogP contribution in [-0.2, 0) is 5.41 Å². The average molecular weight is 259 g/mol. The lowest BCUT2D eigenvalue weighted by Gasteiger charge is -2.45. The van der Waals surface area contributed by atoms with Crippen molar-refractivity contribution in [1.29, 1.82) is 0 Å². The first kappa shape index (κ1) is 12.8. The molecule has 0 amide bonds. The highest BCUT2D eigenvalue weighted by molar-refractivity contribution is 7.99. The van der Waals surface area contributed by atoms with Gasteiger partial charge in [0.15, 0.2) is 0 Å². The zero-order valence-electron chi connectivity index (χ0n) is 9.27. The number of thioether (sulfide) groups is 1. The smallest absolute Gasteiger partial charge is 0.288 e. The monoisotopic (exact) mass is 259 g/mol. The Kier molecular flexibility index (Phi) is 3.70. The number of nitrogens with two attached hydrogens (primary N) is 1. The van der Waals surface area contributed by atoms with Crippen molar-refractivity contribution in [1.82, 2.24) is 0 Å². The molecule has 0 saturated heterocycles. The summed E-state index contributed by atoms with van der Waals surface area (Å²) >= 11 is 0.538. The van der Waals surface area contributed by atoms with Crippen molar-refractivity contribution in [3.05, 3.63) is 29.8 Å². The van der Waals surface area contributed by atoms with E-state index in [1.165, 1.54) is 0 Å². The average Bonchev–Trinajstić information content (AvgIpc) is 2.24. The van der Waals surface area contributed by atoms with Gasteiger partial charge >= 0.3 is 0 Å². The molecule has 1 saturated carbocycles. The summed E-state index contributed by atoms with van der Waals surface area (Å²) < 4.78 is 24.6. The van der Waals surface area contributed by atoms with Crippen LogP contribution in [0.15, 0.2) is 29.2 Å². The van der Waals surface area contributed by atoms with Gasteiger partial charge in [0.05, 0.1) is 6.10 Å². The molecule has 1 aromatic carbocycles. The van der Waals surface area contributed by atoms with Gasteiger partial charge in [-0.25, -0.2) is 0 Å². The molecule has 0 unspecified atom stereocenters. The molecule has 5 heteroatoms. The third-order valence-electron chi connectivity index (χ3n) is 3.32. The van der Waals surface area contributed by atoms with E-state index in [0.717, 1.165) is 5.56 Å². The fourth-order valence-electron chi connectivity index (χ4n) is 2.36. The molecule has 3 N–H and O–H groups in total. The first-order valence-electron chi connectivity index (χ1n) is 5.49. The molecule has 2 rings (SSSR count). The largest absolute Gasteiger partial charge is 0.393 e. The van der Waals surface area contributed by atoms with E-state index < -0.39 is 5.76 Å². The summed E-state index contributed by atoms with van der Waals surface area (Å²) in [6.45, 7) is 0.437. The lowest BCUT2D eigenvalue weighted by Crippen LogP contribution is -2.49. The Labute approximate surface area is 103 Å². The number of aliphatic hydroxyl groups is 1. The maximum Gasteiger partial charge on any atom is 0.288 e. The van der Waals surface area contributed by atoms with E-state index in [1.54, 1.807) is 18.2 Å². The Balaban J connectivity index is 2.20. The van der Waals surface area contributed by atoms with Crippen LogP contribution in [0.5, 0.6) is 0 Å². The Hall–Kier alpha value is -0.650. The minimum Gasteiger partial charge on any atom is -0.393 e. The third kappa shape index (κ3) is 2.61. The van der Waals surface area contributed by atoms with Gasteiger partial charge in [0.25, 0.3) is 5.76 Å². The molecule has 2 nitrogen and oxygen atoms in total. The summed E-state index contributed by atoms with van der Waals surface area (Å²) in [6.07, 6.45) is 0.920. The summed E-state index contributed by atoms with van der Waals surface area (Å²) in [5.41, 5.74) is 6.48. The van der Waals surface area contributed by atoms with Crippen molar-refractivity contribution < 1.29 is 13.9 Å². The van der Waals surface area contributed by atoms with E-state index in [4.69, 9.17) is 5.73 Å². The van der Waals surface area contributed by atoms with Gasteiger partial charge in [0.2, 0.25) is 0 Å². The molecule has 0 heterocycles. The predicted molar refractivity (Wildman–Crippen MR) is 64.3 cm³/mol. The molecular weight excluding hydrogens is 244 g/mol. The fourth-order valence-corrected chi connectivity index (χ4v) is 2.92. The van der Waals surface area contributed by atoms with Crippen molar-refractivity contribution in [3.63, 3.8) is 0 Å². The van der Waals surface area contributed by atoms with Gasteiger partial charge in [-0.3, -0.25) is 0 Å². The van der Waals surface area contributed by atoms with Gasteiger partial charge in [-0.1, -0.05) is 23.9 Å². The highest BCUT2D eigenvalue weighted by atomic mass is 32.2. The van der Waals surface area contributed by atoms with Crippen molar-refractivity contribution in [2.75, 3.05) is 6.54 Å². The van der Waals surface area contributed by atoms with Crippen LogP contribution in [0.1, 0.15) is 18.4 Å². The van der Waals surface area contributed by atoms with Crippen LogP contribution in [0.4, 0.5) is 8.78 Å². The first-order valence-corrected chi connectivity index (χ1v) is 6.37. The SMILES string of the molecule is NCC1(c2cccc(SC(F)F)c2)CC(O)C1. The fraction of sp³-hybridized carbons (Fsp3) is 0.500. The number of hydrogen-bond acceptors (Lipinski definition) is 3. The molecular formula is C12H15F2NOS. The summed E-state index contributed by atoms with van der Waals surface area (Å²) in [7, 11) is 0. The van der Waals surface area contributed by atoms with Crippen LogP contribution in [0.3, 0.4) is 0 Å². The van der Waals surface area contributed by atoms with E-state index in [9.17, 15) is 13.9 Å². The molecule has 0 radical (unpaired) electrons. The van der Waals surface area contributed by atoms with Crippen molar-refractivity contribution >= 4 is 11.8 Å². The molecule has 17 heavy (non-hydrogen) atoms. The van der Waals surface area contributed by atoms with Crippen LogP contribution in [0.2, 0.25) is 0 Å². The topological polar surface area (TPSA) is 46.2 Å². The van der Waals surface area contributed by atoms with Crippen LogP contribution in [0, 0.1) is 0 Å². The number of benzene rings is 1. The van der Waals surface area contributed by atoms with Gasteiger partial charge in [-0.05, 0) is 30.5 Å². The molecule has 1 fully saturated rings. The number of halogens is 2. The maximum atomic E-state index is 12.3. The van der Waals surface area contributed by atoms with Gasteiger partial charge in [0, 0.05) is 16.9 Å². The quantitative estimate of drug-likeness (QED) is 0.816. The maximum absolute atomic E-state index is 12.3. The number of rotatable bonds is 4. The lowest BCUT2D eigenvalue weighted by atomic mass is 9.63. The van der Waals surface area contributed by atoms with Crippen molar-refractivity contribution in [2.45, 2.75) is 35.0 Å². The van der Waals surface area contributed by atoms with Gasteiger partial charge < -0.3 is 10.8 Å². The number of hydrogen-bond donors (Lipinski definition) is 2. The van der Waals surface area contributed by atoms with E-state index in [0.29, 0.717) is 36.0 Å². The zero-order valence-corrected chi connectivity index (χ0v) is 10.1. The standard InChI is InChI=1S/C12H15F2NOS/c13-11(14)17-10-3-1-2-8(4-10)12(7-15)5-9(16)6-12/h1-4,9,11,16H,5-7,15H2. The highest BCUT2D eigenvalue weighted by Gasteiger charge is 2.43. The molecule has 0 atom stereocenters. The van der Waals surface area contributed by atoms with Crippen molar-refractivity contribution in [3.8, 4) is 0 Å². The molecule has 94 valence electrons. The first-order chi connectivity index (χ1) is 8.05. The van der Waals surface area contributed by atoms with Gasteiger partial charge in [-0.15, -0.1) is 0 Å². The van der Waals surface area contributed by atoms with E-state index >= 15 is 0 Å². The second kappa shape index (κ2) is 4.92. The summed E-state index contributed by atoms with van der Waals surface area (Å²) in [5, 5.41) is 9.41. The lowest BCUT2D eigenvalue weighted by molar-refractivity contribution is 0.0220. The van der Waals surface area contributed by atoms with Gasteiger partial charge in [0.1, 0.15) is 0 Å². The van der Waals surface area contributed by atoms with Crippen LogP contribution in [-0.4, -0.2) is 23.5 Å². The Morgan fingerprint density at radius 3 is 2.71 bits per heavy atom. The van der Waals surface area contributed by atoms with Gasteiger partial charge in [-0.2, -0.15) is 8.78 Å². The summed E-state index contributed by atoms with van der Waals surface area (Å²) in [6, 6.07) is 7.09. The normalized spacial score (nSPS) is 28.2. The number of aliphatic hydroxyl groups excluding tert-OH is 1. The number of alkyl halides is 2. The minimum absolute atomic E-state index is 0.224. The molecule has 0 spiro atoms. The van der Waals surface area contributed by atoms with E-state index in [2.05, 4.69) is 0 Å². The Morgan fingerprint density at radius 1 is 1.47 bits per heavy atom. The Bertz CT molecular complexity index is 394. The molecule has 1 aromatic rings. The molecule has 1 aliphatic rings. The molecule has 0 aliphatic heterocycles. The second-order valence-electron chi connectivity index (χ2n) is 4.45. The highest BCUT2D eigenvalue weighted by Crippen LogP contribution is 2.44.